The van der Waals surface area contributed by atoms with Gasteiger partial charge in [-0.1, -0.05) is 30.3 Å². The van der Waals surface area contributed by atoms with Gasteiger partial charge in [0.15, 0.2) is 5.78 Å². The number of benzene rings is 2. The molecule has 0 spiro atoms. The van der Waals surface area contributed by atoms with E-state index in [2.05, 4.69) is 21.4 Å². The van der Waals surface area contributed by atoms with E-state index in [0.717, 1.165) is 16.5 Å². The van der Waals surface area contributed by atoms with E-state index in [1.54, 1.807) is 24.4 Å². The van der Waals surface area contributed by atoms with Gasteiger partial charge in [-0.05, 0) is 29.3 Å². The van der Waals surface area contributed by atoms with E-state index in [0.29, 0.717) is 23.3 Å². The van der Waals surface area contributed by atoms with Crippen LogP contribution in [0.5, 0.6) is 0 Å². The SMILES string of the molecule is N#Cc1ccc2c(C(=O)Cc3cnn(Cc4ccccc4)c3)n[nH]c2c1. The molecule has 0 saturated carbocycles. The van der Waals surface area contributed by atoms with Gasteiger partial charge in [-0.3, -0.25) is 14.6 Å². The van der Waals surface area contributed by atoms with Gasteiger partial charge in [0.05, 0.1) is 29.9 Å². The van der Waals surface area contributed by atoms with Gasteiger partial charge in [0.1, 0.15) is 5.69 Å². The molecule has 0 aliphatic heterocycles. The maximum Gasteiger partial charge on any atom is 0.188 e. The van der Waals surface area contributed by atoms with Gasteiger partial charge < -0.3 is 0 Å². The smallest absolute Gasteiger partial charge is 0.188 e. The Balaban J connectivity index is 1.51. The summed E-state index contributed by atoms with van der Waals surface area (Å²) < 4.78 is 1.82. The Labute approximate surface area is 149 Å². The van der Waals surface area contributed by atoms with Crippen molar-refractivity contribution in [3.05, 3.63) is 83.3 Å². The molecule has 4 aromatic rings. The van der Waals surface area contributed by atoms with E-state index in [9.17, 15) is 4.79 Å². The number of hydrogen-bond acceptors (Lipinski definition) is 4. The number of fused-ring (bicyclic) bond motifs is 1. The molecule has 2 aromatic carbocycles. The molecule has 6 heteroatoms. The molecule has 6 nitrogen and oxygen atoms in total. The van der Waals surface area contributed by atoms with Crippen LogP contribution in [-0.2, 0) is 13.0 Å². The Kier molecular flexibility index (Phi) is 4.04. The number of rotatable bonds is 5. The molecule has 4 rings (SSSR count). The minimum atomic E-state index is -0.0831. The number of nitrogens with zero attached hydrogens (tertiary/aromatic N) is 4. The zero-order chi connectivity index (χ0) is 17.9. The number of carbonyl (C=O) groups is 1. The van der Waals surface area contributed by atoms with Crippen LogP contribution < -0.4 is 0 Å². The van der Waals surface area contributed by atoms with Gasteiger partial charge in [0.25, 0.3) is 0 Å². The summed E-state index contributed by atoms with van der Waals surface area (Å²) in [5.41, 5.74) is 3.60. The van der Waals surface area contributed by atoms with E-state index in [1.807, 2.05) is 41.2 Å². The summed E-state index contributed by atoms with van der Waals surface area (Å²) in [5, 5.41) is 21.0. The molecule has 26 heavy (non-hydrogen) atoms. The number of hydrogen-bond donors (Lipinski definition) is 1. The van der Waals surface area contributed by atoms with Gasteiger partial charge >= 0.3 is 0 Å². The highest BCUT2D eigenvalue weighted by atomic mass is 16.1. The highest BCUT2D eigenvalue weighted by Gasteiger charge is 2.16. The van der Waals surface area contributed by atoms with Crippen LogP contribution >= 0.6 is 0 Å². The molecule has 1 N–H and O–H groups in total. The number of Topliss-reactive ketones (excluding diaryl/α,β-unsaturated/α-hetero) is 1. The first-order chi connectivity index (χ1) is 12.7. The second-order valence-electron chi connectivity index (χ2n) is 6.08. The van der Waals surface area contributed by atoms with E-state index >= 15 is 0 Å². The Hall–Kier alpha value is -3.72. The van der Waals surface area contributed by atoms with E-state index in [-0.39, 0.29) is 12.2 Å². The fourth-order valence-electron chi connectivity index (χ4n) is 2.93. The van der Waals surface area contributed by atoms with Crippen LogP contribution in [0.15, 0.2) is 60.9 Å². The molecule has 0 fully saturated rings. The van der Waals surface area contributed by atoms with Gasteiger partial charge in [-0.15, -0.1) is 0 Å². The van der Waals surface area contributed by atoms with Crippen molar-refractivity contribution in [2.45, 2.75) is 13.0 Å². The molecule has 2 heterocycles. The number of carbonyl (C=O) groups excluding carboxylic acids is 1. The van der Waals surface area contributed by atoms with E-state index < -0.39 is 0 Å². The number of nitrogens with one attached hydrogen (secondary N) is 1. The maximum atomic E-state index is 12.6. The fraction of sp³-hybridized carbons (Fsp3) is 0.100. The molecule has 2 aromatic heterocycles. The van der Waals surface area contributed by atoms with Crippen molar-refractivity contribution in [3.8, 4) is 6.07 Å². The van der Waals surface area contributed by atoms with Gasteiger partial charge in [0.2, 0.25) is 0 Å². The molecule has 0 atom stereocenters. The Morgan fingerprint density at radius 2 is 2.00 bits per heavy atom. The standard InChI is InChI=1S/C20H15N5O/c21-10-15-6-7-17-18(8-15)23-24-20(17)19(26)9-16-11-22-25(13-16)12-14-4-2-1-3-5-14/h1-8,11,13H,9,12H2,(H,23,24). The summed E-state index contributed by atoms with van der Waals surface area (Å²) in [6.45, 7) is 0.664. The summed E-state index contributed by atoms with van der Waals surface area (Å²) >= 11 is 0. The predicted octanol–water partition coefficient (Wildman–Crippen LogP) is 3.10. The summed E-state index contributed by atoms with van der Waals surface area (Å²) in [7, 11) is 0. The number of aromatic amines is 1. The molecule has 0 aliphatic carbocycles. The van der Waals surface area contributed by atoms with Crippen molar-refractivity contribution in [1.82, 2.24) is 20.0 Å². The first-order valence-electron chi connectivity index (χ1n) is 8.19. The summed E-state index contributed by atoms with van der Waals surface area (Å²) in [6.07, 6.45) is 3.83. The lowest BCUT2D eigenvalue weighted by Crippen LogP contribution is -2.04. The quantitative estimate of drug-likeness (QED) is 0.565. The Morgan fingerprint density at radius 3 is 2.81 bits per heavy atom. The molecule has 0 aliphatic rings. The molecule has 0 unspecified atom stereocenters. The minimum absolute atomic E-state index is 0.0831. The first-order valence-corrected chi connectivity index (χ1v) is 8.19. The zero-order valence-corrected chi connectivity index (χ0v) is 13.9. The molecule has 0 radical (unpaired) electrons. The number of ketones is 1. The van der Waals surface area contributed by atoms with Crippen molar-refractivity contribution < 1.29 is 4.79 Å². The Bertz CT molecular complexity index is 1120. The maximum absolute atomic E-state index is 12.6. The third-order valence-corrected chi connectivity index (χ3v) is 4.19. The highest BCUT2D eigenvalue weighted by molar-refractivity contribution is 6.06. The molecule has 0 saturated heterocycles. The van der Waals surface area contributed by atoms with Crippen molar-refractivity contribution in [3.63, 3.8) is 0 Å². The van der Waals surface area contributed by atoms with Crippen LogP contribution in [-0.4, -0.2) is 25.8 Å². The van der Waals surface area contributed by atoms with Crippen LogP contribution in [0.25, 0.3) is 10.9 Å². The average molecular weight is 341 g/mol. The molecule has 0 bridgehead atoms. The molecule has 0 amide bonds. The van der Waals surface area contributed by atoms with Crippen molar-refractivity contribution >= 4 is 16.7 Å². The van der Waals surface area contributed by atoms with Gasteiger partial charge in [-0.2, -0.15) is 15.5 Å². The zero-order valence-electron chi connectivity index (χ0n) is 13.9. The van der Waals surface area contributed by atoms with Crippen molar-refractivity contribution in [2.24, 2.45) is 0 Å². The number of nitriles is 1. The van der Waals surface area contributed by atoms with Crippen LogP contribution in [0, 0.1) is 11.3 Å². The topological polar surface area (TPSA) is 87.4 Å². The van der Waals surface area contributed by atoms with Crippen molar-refractivity contribution in [1.29, 1.82) is 5.26 Å². The number of H-pyrrole nitrogens is 1. The fourth-order valence-corrected chi connectivity index (χ4v) is 2.93. The lowest BCUT2D eigenvalue weighted by Gasteiger charge is -2.00. The average Bonchev–Trinajstić information content (AvgIpc) is 3.28. The molecular formula is C20H15N5O. The highest BCUT2D eigenvalue weighted by Crippen LogP contribution is 2.19. The Morgan fingerprint density at radius 1 is 1.15 bits per heavy atom. The van der Waals surface area contributed by atoms with Crippen LogP contribution in [0.3, 0.4) is 0 Å². The third kappa shape index (κ3) is 3.10. The number of aromatic nitrogens is 4. The normalized spacial score (nSPS) is 10.7. The van der Waals surface area contributed by atoms with Crippen molar-refractivity contribution in [2.75, 3.05) is 0 Å². The van der Waals surface area contributed by atoms with Crippen LogP contribution in [0.1, 0.15) is 27.2 Å². The summed E-state index contributed by atoms with van der Waals surface area (Å²) in [6, 6.07) is 17.2. The first kappa shape index (κ1) is 15.8. The lowest BCUT2D eigenvalue weighted by molar-refractivity contribution is 0.0989. The second kappa shape index (κ2) is 6.65. The monoisotopic (exact) mass is 341 g/mol. The lowest BCUT2D eigenvalue weighted by atomic mass is 10.1. The third-order valence-electron chi connectivity index (χ3n) is 4.19. The minimum Gasteiger partial charge on any atom is -0.292 e. The van der Waals surface area contributed by atoms with Gasteiger partial charge in [-0.25, -0.2) is 0 Å². The summed E-state index contributed by atoms with van der Waals surface area (Å²) in [4.78, 5) is 12.6. The van der Waals surface area contributed by atoms with Gasteiger partial charge in [0, 0.05) is 18.0 Å². The van der Waals surface area contributed by atoms with E-state index in [4.69, 9.17) is 5.26 Å². The summed E-state index contributed by atoms with van der Waals surface area (Å²) in [5.74, 6) is -0.0831. The van der Waals surface area contributed by atoms with Crippen LogP contribution in [0.4, 0.5) is 0 Å². The van der Waals surface area contributed by atoms with E-state index in [1.165, 1.54) is 0 Å². The molecule has 126 valence electrons. The predicted molar refractivity (Wildman–Crippen MR) is 96.6 cm³/mol. The largest absolute Gasteiger partial charge is 0.292 e. The second-order valence-corrected chi connectivity index (χ2v) is 6.08. The molecular weight excluding hydrogens is 326 g/mol. The van der Waals surface area contributed by atoms with Crippen LogP contribution in [0.2, 0.25) is 0 Å².